The molecule has 3 rings (SSSR count). The third-order valence-electron chi connectivity index (χ3n) is 4.32. The molecule has 0 aromatic heterocycles. The second-order valence-electron chi connectivity index (χ2n) is 6.06. The number of aryl methyl sites for hydroxylation is 1. The van der Waals surface area contributed by atoms with Crippen molar-refractivity contribution in [2.24, 2.45) is 5.73 Å². The largest absolute Gasteiger partial charge is 0.346 e. The Morgan fingerprint density at radius 2 is 1.92 bits per heavy atom. The number of benzene rings is 2. The Kier molecular flexibility index (Phi) is 6.17. The van der Waals surface area contributed by atoms with Gasteiger partial charge in [0.05, 0.1) is 6.04 Å². The van der Waals surface area contributed by atoms with Crippen molar-refractivity contribution in [1.82, 2.24) is 5.32 Å². The number of carbonyl (C=O) groups excluding carboxylic acids is 2. The minimum absolute atomic E-state index is 0. The van der Waals surface area contributed by atoms with Crippen LogP contribution in [-0.4, -0.2) is 11.8 Å². The molecule has 1 atom stereocenters. The second-order valence-corrected chi connectivity index (χ2v) is 6.06. The average Bonchev–Trinajstić information content (AvgIpc) is 2.61. The van der Waals surface area contributed by atoms with E-state index in [0.29, 0.717) is 18.5 Å². The molecule has 0 spiro atoms. The van der Waals surface area contributed by atoms with Gasteiger partial charge in [0, 0.05) is 24.2 Å². The van der Waals surface area contributed by atoms with Crippen molar-refractivity contribution in [3.05, 3.63) is 64.7 Å². The second kappa shape index (κ2) is 8.14. The lowest BCUT2D eigenvalue weighted by Gasteiger charge is -2.20. The van der Waals surface area contributed by atoms with E-state index in [9.17, 15) is 9.59 Å². The molecular formula is C19H22ClN3O2. The summed E-state index contributed by atoms with van der Waals surface area (Å²) in [7, 11) is 0. The molecule has 4 N–H and O–H groups in total. The number of hydrogen-bond acceptors (Lipinski definition) is 3. The van der Waals surface area contributed by atoms with Crippen molar-refractivity contribution in [1.29, 1.82) is 0 Å². The van der Waals surface area contributed by atoms with Crippen molar-refractivity contribution >= 4 is 29.9 Å². The van der Waals surface area contributed by atoms with E-state index in [4.69, 9.17) is 5.73 Å². The van der Waals surface area contributed by atoms with Gasteiger partial charge in [0.15, 0.2) is 0 Å². The van der Waals surface area contributed by atoms with E-state index >= 15 is 0 Å². The quantitative estimate of drug-likeness (QED) is 0.784. The lowest BCUT2D eigenvalue weighted by molar-refractivity contribution is -0.116. The lowest BCUT2D eigenvalue weighted by atomic mass is 9.97. The predicted molar refractivity (Wildman–Crippen MR) is 101 cm³/mol. The van der Waals surface area contributed by atoms with Crippen LogP contribution in [0.4, 0.5) is 5.69 Å². The maximum Gasteiger partial charge on any atom is 0.251 e. The third-order valence-corrected chi connectivity index (χ3v) is 4.32. The van der Waals surface area contributed by atoms with E-state index in [1.165, 1.54) is 0 Å². The molecule has 6 heteroatoms. The summed E-state index contributed by atoms with van der Waals surface area (Å²) in [5.41, 5.74) is 10.2. The van der Waals surface area contributed by atoms with Crippen molar-refractivity contribution in [2.75, 3.05) is 5.32 Å². The highest BCUT2D eigenvalue weighted by Crippen LogP contribution is 2.26. The molecule has 2 aromatic rings. The highest BCUT2D eigenvalue weighted by molar-refractivity contribution is 5.95. The molecule has 0 aliphatic carbocycles. The van der Waals surface area contributed by atoms with Gasteiger partial charge in [-0.25, -0.2) is 0 Å². The van der Waals surface area contributed by atoms with Gasteiger partial charge in [-0.05, 0) is 48.2 Å². The number of hydrogen-bond donors (Lipinski definition) is 3. The third kappa shape index (κ3) is 4.38. The van der Waals surface area contributed by atoms with Crippen LogP contribution < -0.4 is 16.4 Å². The van der Waals surface area contributed by atoms with Gasteiger partial charge < -0.3 is 16.4 Å². The molecule has 25 heavy (non-hydrogen) atoms. The monoisotopic (exact) mass is 359 g/mol. The standard InChI is InChI=1S/C19H21N3O2.ClH/c1-12(21-19(24)14-4-2-13(11-20)3-5-14)15-6-8-17-16(10-15)7-9-18(23)22-17;/h2-6,8,10,12H,7,9,11,20H2,1H3,(H,21,24)(H,22,23);1H. The number of carbonyl (C=O) groups is 2. The van der Waals surface area contributed by atoms with Crippen molar-refractivity contribution in [2.45, 2.75) is 32.4 Å². The highest BCUT2D eigenvalue weighted by atomic mass is 35.5. The van der Waals surface area contributed by atoms with E-state index in [1.807, 2.05) is 31.2 Å². The summed E-state index contributed by atoms with van der Waals surface area (Å²) >= 11 is 0. The molecule has 1 aliphatic heterocycles. The molecule has 0 bridgehead atoms. The molecule has 2 aromatic carbocycles. The zero-order valence-electron chi connectivity index (χ0n) is 14.0. The minimum atomic E-state index is -0.116. The van der Waals surface area contributed by atoms with Crippen LogP contribution in [0.5, 0.6) is 0 Å². The highest BCUT2D eigenvalue weighted by Gasteiger charge is 2.17. The average molecular weight is 360 g/mol. The van der Waals surface area contributed by atoms with Crippen LogP contribution in [0.3, 0.4) is 0 Å². The first-order chi connectivity index (χ1) is 11.6. The molecule has 0 fully saturated rings. The van der Waals surface area contributed by atoms with Crippen LogP contribution >= 0.6 is 12.4 Å². The molecule has 0 radical (unpaired) electrons. The molecule has 1 unspecified atom stereocenters. The van der Waals surface area contributed by atoms with E-state index in [1.54, 1.807) is 12.1 Å². The molecule has 1 aliphatic rings. The summed E-state index contributed by atoms with van der Waals surface area (Å²) in [5.74, 6) is -0.0605. The Balaban J connectivity index is 0.00000225. The van der Waals surface area contributed by atoms with Crippen LogP contribution in [0.25, 0.3) is 0 Å². The number of fused-ring (bicyclic) bond motifs is 1. The topological polar surface area (TPSA) is 84.2 Å². The first-order valence-electron chi connectivity index (χ1n) is 8.09. The summed E-state index contributed by atoms with van der Waals surface area (Å²) in [5, 5.41) is 5.87. The normalized spacial score (nSPS) is 13.9. The first-order valence-corrected chi connectivity index (χ1v) is 8.09. The lowest BCUT2D eigenvalue weighted by Crippen LogP contribution is -2.27. The number of anilines is 1. The summed E-state index contributed by atoms with van der Waals surface area (Å²) in [6.45, 7) is 2.42. The van der Waals surface area contributed by atoms with Crippen LogP contribution in [0.2, 0.25) is 0 Å². The van der Waals surface area contributed by atoms with Crippen molar-refractivity contribution in [3.63, 3.8) is 0 Å². The fourth-order valence-electron chi connectivity index (χ4n) is 2.83. The maximum absolute atomic E-state index is 12.4. The smallest absolute Gasteiger partial charge is 0.251 e. The van der Waals surface area contributed by atoms with Gasteiger partial charge in [-0.2, -0.15) is 0 Å². The number of nitrogens with one attached hydrogen (secondary N) is 2. The Morgan fingerprint density at radius 3 is 2.60 bits per heavy atom. The summed E-state index contributed by atoms with van der Waals surface area (Å²) in [4.78, 5) is 23.8. The van der Waals surface area contributed by atoms with E-state index in [0.717, 1.165) is 28.8 Å². The molecule has 5 nitrogen and oxygen atoms in total. The number of rotatable bonds is 4. The fourth-order valence-corrected chi connectivity index (χ4v) is 2.83. The summed E-state index contributed by atoms with van der Waals surface area (Å²) < 4.78 is 0. The molecule has 1 heterocycles. The van der Waals surface area contributed by atoms with Crippen LogP contribution in [0, 0.1) is 0 Å². The van der Waals surface area contributed by atoms with Gasteiger partial charge in [-0.15, -0.1) is 12.4 Å². The maximum atomic E-state index is 12.4. The van der Waals surface area contributed by atoms with Gasteiger partial charge >= 0.3 is 0 Å². The van der Waals surface area contributed by atoms with Crippen molar-refractivity contribution < 1.29 is 9.59 Å². The van der Waals surface area contributed by atoms with Gasteiger partial charge in [-0.1, -0.05) is 24.3 Å². The SMILES string of the molecule is CC(NC(=O)c1ccc(CN)cc1)c1ccc2c(c1)CCC(=O)N2.Cl. The molecule has 132 valence electrons. The molecule has 2 amide bonds. The molecule has 0 saturated heterocycles. The number of nitrogens with two attached hydrogens (primary N) is 1. The zero-order valence-corrected chi connectivity index (χ0v) is 14.9. The van der Waals surface area contributed by atoms with Crippen molar-refractivity contribution in [3.8, 4) is 0 Å². The van der Waals surface area contributed by atoms with E-state index in [2.05, 4.69) is 16.7 Å². The Hall–Kier alpha value is -2.37. The number of amides is 2. The Labute approximate surface area is 153 Å². The van der Waals surface area contributed by atoms with Crippen LogP contribution in [0.1, 0.15) is 46.4 Å². The van der Waals surface area contributed by atoms with Crippen LogP contribution in [-0.2, 0) is 17.8 Å². The number of halogens is 1. The van der Waals surface area contributed by atoms with Gasteiger partial charge in [0.25, 0.3) is 5.91 Å². The van der Waals surface area contributed by atoms with E-state index in [-0.39, 0.29) is 30.3 Å². The summed E-state index contributed by atoms with van der Waals surface area (Å²) in [6.07, 6.45) is 1.24. The van der Waals surface area contributed by atoms with Gasteiger partial charge in [-0.3, -0.25) is 9.59 Å². The van der Waals surface area contributed by atoms with Gasteiger partial charge in [0.1, 0.15) is 0 Å². The predicted octanol–water partition coefficient (Wildman–Crippen LogP) is 2.94. The Bertz CT molecular complexity index is 775. The summed E-state index contributed by atoms with van der Waals surface area (Å²) in [6, 6.07) is 13.1. The van der Waals surface area contributed by atoms with Gasteiger partial charge in [0.2, 0.25) is 5.91 Å². The Morgan fingerprint density at radius 1 is 1.20 bits per heavy atom. The van der Waals surface area contributed by atoms with E-state index < -0.39 is 0 Å². The van der Waals surface area contributed by atoms with Crippen LogP contribution in [0.15, 0.2) is 42.5 Å². The molecular weight excluding hydrogens is 338 g/mol. The molecule has 0 saturated carbocycles. The fraction of sp³-hybridized carbons (Fsp3) is 0.263. The zero-order chi connectivity index (χ0) is 17.1. The first kappa shape index (κ1) is 19.0. The minimum Gasteiger partial charge on any atom is -0.346 e.